The zero-order chi connectivity index (χ0) is 23.1. The molecule has 0 radical (unpaired) electrons. The Morgan fingerprint density at radius 1 is 0.912 bits per heavy atom. The Morgan fingerprint density at radius 3 is 2.50 bits per heavy atom. The van der Waals surface area contributed by atoms with Gasteiger partial charge in [-0.2, -0.15) is 5.26 Å². The van der Waals surface area contributed by atoms with Gasteiger partial charge in [0.1, 0.15) is 29.7 Å². The minimum Gasteiger partial charge on any atom is -0.489 e. The monoisotopic (exact) mass is 448 g/mol. The molecule has 166 valence electrons. The Balaban J connectivity index is 1.29. The van der Waals surface area contributed by atoms with Crippen molar-refractivity contribution in [2.45, 2.75) is 12.5 Å². The van der Waals surface area contributed by atoms with Crippen LogP contribution in [0.3, 0.4) is 0 Å². The maximum Gasteiger partial charge on any atom is 0.231 e. The fourth-order valence-electron chi connectivity index (χ4n) is 4.53. The van der Waals surface area contributed by atoms with Crippen LogP contribution in [0.2, 0.25) is 0 Å². The van der Waals surface area contributed by atoms with Crippen molar-refractivity contribution < 1.29 is 18.9 Å². The number of allylic oxidation sites excluding steroid dienone is 1. The third-order valence-electron chi connectivity index (χ3n) is 6.20. The summed E-state index contributed by atoms with van der Waals surface area (Å²) in [7, 11) is 0. The molecule has 2 N–H and O–H groups in total. The molecule has 0 saturated carbocycles. The van der Waals surface area contributed by atoms with Gasteiger partial charge in [0.2, 0.25) is 12.7 Å². The highest BCUT2D eigenvalue weighted by Gasteiger charge is 2.33. The Morgan fingerprint density at radius 2 is 1.68 bits per heavy atom. The first-order chi connectivity index (χ1) is 16.7. The number of hydrogen-bond acceptors (Lipinski definition) is 6. The molecule has 0 aromatic heterocycles. The molecule has 6 heteroatoms. The summed E-state index contributed by atoms with van der Waals surface area (Å²) < 4.78 is 22.8. The lowest BCUT2D eigenvalue weighted by Crippen LogP contribution is -2.21. The van der Waals surface area contributed by atoms with E-state index >= 15 is 0 Å². The molecule has 4 aromatic carbocycles. The second kappa shape index (κ2) is 8.05. The summed E-state index contributed by atoms with van der Waals surface area (Å²) in [4.78, 5) is 0. The molecule has 4 aromatic rings. The van der Waals surface area contributed by atoms with Crippen molar-refractivity contribution in [2.75, 3.05) is 6.79 Å². The van der Waals surface area contributed by atoms with Gasteiger partial charge in [0.05, 0.1) is 5.92 Å². The minimum atomic E-state index is -0.379. The van der Waals surface area contributed by atoms with E-state index in [4.69, 9.17) is 24.7 Å². The molecule has 2 aliphatic rings. The van der Waals surface area contributed by atoms with E-state index in [9.17, 15) is 5.26 Å². The van der Waals surface area contributed by atoms with Crippen molar-refractivity contribution in [1.29, 1.82) is 5.26 Å². The number of hydrogen-bond donors (Lipinski definition) is 1. The van der Waals surface area contributed by atoms with Crippen LogP contribution in [-0.4, -0.2) is 6.79 Å². The molecule has 6 rings (SSSR count). The van der Waals surface area contributed by atoms with E-state index in [0.29, 0.717) is 29.4 Å². The predicted molar refractivity (Wildman–Crippen MR) is 127 cm³/mol. The second-order valence-electron chi connectivity index (χ2n) is 8.16. The van der Waals surface area contributed by atoms with Crippen LogP contribution >= 0.6 is 0 Å². The summed E-state index contributed by atoms with van der Waals surface area (Å²) in [5.41, 5.74) is 9.29. The van der Waals surface area contributed by atoms with Gasteiger partial charge in [0.25, 0.3) is 0 Å². The summed E-state index contributed by atoms with van der Waals surface area (Å²) in [5.74, 6) is 2.24. The number of benzene rings is 4. The Labute approximate surface area is 196 Å². The van der Waals surface area contributed by atoms with Crippen LogP contribution in [0, 0.1) is 11.3 Å². The van der Waals surface area contributed by atoms with Crippen LogP contribution in [0.25, 0.3) is 10.8 Å². The van der Waals surface area contributed by atoms with Crippen LogP contribution in [-0.2, 0) is 6.61 Å². The highest BCUT2D eigenvalue weighted by atomic mass is 16.7. The first kappa shape index (κ1) is 20.0. The molecule has 0 saturated heterocycles. The van der Waals surface area contributed by atoms with E-state index < -0.39 is 0 Å². The second-order valence-corrected chi connectivity index (χ2v) is 8.16. The number of fused-ring (bicyclic) bond motifs is 3. The van der Waals surface area contributed by atoms with Gasteiger partial charge in [-0.3, -0.25) is 0 Å². The number of nitriles is 1. The van der Waals surface area contributed by atoms with Gasteiger partial charge >= 0.3 is 0 Å². The standard InChI is InChI=1S/C28H20N2O4/c29-14-23-27(22-12-25-26(33-16-32-25)13-24(22)34-28(23)30)18-8-10-20(11-9-18)31-15-19-6-3-5-17-4-1-2-7-21(17)19/h1-13,27H,15-16,30H2/t27-/m1/s1. The molecular weight excluding hydrogens is 428 g/mol. The summed E-state index contributed by atoms with van der Waals surface area (Å²) in [6, 6.07) is 28.0. The molecule has 0 fully saturated rings. The van der Waals surface area contributed by atoms with Crippen LogP contribution in [0.15, 0.2) is 90.3 Å². The fraction of sp³-hybridized carbons (Fsp3) is 0.107. The van der Waals surface area contributed by atoms with Crippen molar-refractivity contribution in [2.24, 2.45) is 5.73 Å². The molecule has 34 heavy (non-hydrogen) atoms. The molecule has 0 aliphatic carbocycles. The number of ether oxygens (including phenoxy) is 4. The fourth-order valence-corrected chi connectivity index (χ4v) is 4.53. The lowest BCUT2D eigenvalue weighted by molar-refractivity contribution is 0.174. The van der Waals surface area contributed by atoms with Crippen molar-refractivity contribution in [3.05, 3.63) is 107 Å². The highest BCUT2D eigenvalue weighted by Crippen LogP contribution is 2.48. The van der Waals surface area contributed by atoms with Gasteiger partial charge in [-0.1, -0.05) is 54.6 Å². The topological polar surface area (TPSA) is 86.7 Å². The number of nitrogens with zero attached hydrogens (tertiary/aromatic N) is 1. The van der Waals surface area contributed by atoms with Crippen molar-refractivity contribution >= 4 is 10.8 Å². The molecule has 0 bridgehead atoms. The zero-order valence-electron chi connectivity index (χ0n) is 18.2. The average Bonchev–Trinajstić information content (AvgIpc) is 3.33. The van der Waals surface area contributed by atoms with E-state index in [-0.39, 0.29) is 18.6 Å². The molecular formula is C28H20N2O4. The van der Waals surface area contributed by atoms with Gasteiger partial charge in [0, 0.05) is 11.6 Å². The molecule has 0 amide bonds. The van der Waals surface area contributed by atoms with Crippen LogP contribution in [0.1, 0.15) is 22.6 Å². The predicted octanol–water partition coefficient (Wildman–Crippen LogP) is 5.37. The number of rotatable bonds is 4. The molecule has 6 nitrogen and oxygen atoms in total. The zero-order valence-corrected chi connectivity index (χ0v) is 18.2. The highest BCUT2D eigenvalue weighted by molar-refractivity contribution is 5.85. The summed E-state index contributed by atoms with van der Waals surface area (Å²) in [5, 5.41) is 12.2. The van der Waals surface area contributed by atoms with E-state index in [1.807, 2.05) is 48.5 Å². The van der Waals surface area contributed by atoms with Crippen LogP contribution < -0.4 is 24.7 Å². The summed E-state index contributed by atoms with van der Waals surface area (Å²) >= 11 is 0. The Hall–Kier alpha value is -4.63. The van der Waals surface area contributed by atoms with E-state index in [1.54, 1.807) is 6.07 Å². The van der Waals surface area contributed by atoms with Crippen molar-refractivity contribution in [3.63, 3.8) is 0 Å². The van der Waals surface area contributed by atoms with Gasteiger partial charge < -0.3 is 24.7 Å². The largest absolute Gasteiger partial charge is 0.489 e. The SMILES string of the molecule is N#CC1=C(N)Oc2cc3c(cc2[C@H]1c1ccc(OCc2cccc4ccccc24)cc1)OCO3. The minimum absolute atomic E-state index is 0.0927. The average molecular weight is 448 g/mol. The van der Waals surface area contributed by atoms with Gasteiger partial charge in [-0.05, 0) is 40.1 Å². The quantitative estimate of drug-likeness (QED) is 0.452. The molecule has 0 spiro atoms. The normalized spacial score (nSPS) is 16.0. The molecule has 2 aliphatic heterocycles. The summed E-state index contributed by atoms with van der Waals surface area (Å²) in [6.45, 7) is 0.611. The molecule has 2 heterocycles. The third-order valence-corrected chi connectivity index (χ3v) is 6.20. The van der Waals surface area contributed by atoms with Crippen LogP contribution in [0.5, 0.6) is 23.0 Å². The maximum atomic E-state index is 9.82. The van der Waals surface area contributed by atoms with Gasteiger partial charge in [-0.15, -0.1) is 0 Å². The van der Waals surface area contributed by atoms with Gasteiger partial charge in [-0.25, -0.2) is 0 Å². The van der Waals surface area contributed by atoms with Crippen molar-refractivity contribution in [3.8, 4) is 29.1 Å². The molecule has 1 atom stereocenters. The van der Waals surface area contributed by atoms with E-state index in [0.717, 1.165) is 22.4 Å². The summed E-state index contributed by atoms with van der Waals surface area (Å²) in [6.07, 6.45) is 0. The molecule has 0 unspecified atom stereocenters. The van der Waals surface area contributed by atoms with E-state index in [2.05, 4.69) is 30.3 Å². The lowest BCUT2D eigenvalue weighted by Gasteiger charge is -2.26. The Bertz CT molecular complexity index is 1480. The van der Waals surface area contributed by atoms with Crippen molar-refractivity contribution in [1.82, 2.24) is 0 Å². The number of nitrogens with two attached hydrogens (primary N) is 1. The first-order valence-corrected chi connectivity index (χ1v) is 10.9. The third kappa shape index (κ3) is 3.35. The van der Waals surface area contributed by atoms with E-state index in [1.165, 1.54) is 10.8 Å². The lowest BCUT2D eigenvalue weighted by atomic mass is 9.83. The van der Waals surface area contributed by atoms with Gasteiger partial charge in [0.15, 0.2) is 11.5 Å². The van der Waals surface area contributed by atoms with Crippen LogP contribution in [0.4, 0.5) is 0 Å². The first-order valence-electron chi connectivity index (χ1n) is 10.9. The smallest absolute Gasteiger partial charge is 0.231 e. The Kier molecular flexibility index (Phi) is 4.74. The maximum absolute atomic E-state index is 9.82.